The minimum absolute atomic E-state index is 0.0315. The van der Waals surface area contributed by atoms with Gasteiger partial charge in [0.15, 0.2) is 15.0 Å². The smallest absolute Gasteiger partial charge is 0.220 e. The van der Waals surface area contributed by atoms with Crippen molar-refractivity contribution in [2.45, 2.75) is 31.5 Å². The number of aryl methyl sites for hydroxylation is 1. The van der Waals surface area contributed by atoms with Gasteiger partial charge in [0.05, 0.1) is 22.5 Å². The third-order valence-corrected chi connectivity index (χ3v) is 7.23. The highest BCUT2D eigenvalue weighted by atomic mass is 32.2. The van der Waals surface area contributed by atoms with E-state index in [1.165, 1.54) is 0 Å². The fourth-order valence-corrected chi connectivity index (χ4v) is 5.96. The molecule has 1 atom stereocenters. The standard InChI is InChI=1S/C17H23N3O3S2/c1-2-20-15-6-4-3-5-14(15)19-17(20)24-9-7-16(21)18-11-13-8-10-25(22,23)12-13/h3-6,13H,2,7-12H2,1H3,(H,18,21)/t13-/m0/s1. The molecule has 1 N–H and O–H groups in total. The number of para-hydroxylation sites is 2. The second-order valence-corrected chi connectivity index (χ2v) is 9.59. The summed E-state index contributed by atoms with van der Waals surface area (Å²) in [5, 5.41) is 3.79. The lowest BCUT2D eigenvalue weighted by molar-refractivity contribution is -0.120. The maximum Gasteiger partial charge on any atom is 0.220 e. The fourth-order valence-electron chi connectivity index (χ4n) is 3.08. The average Bonchev–Trinajstić information content (AvgIpc) is 3.12. The Bertz CT molecular complexity index is 861. The number of carbonyl (C=O) groups is 1. The van der Waals surface area contributed by atoms with Gasteiger partial charge in [-0.2, -0.15) is 0 Å². The molecule has 1 aromatic heterocycles. The normalized spacial score (nSPS) is 19.3. The van der Waals surface area contributed by atoms with Crippen LogP contribution in [0.25, 0.3) is 11.0 Å². The molecular formula is C17H23N3O3S2. The third kappa shape index (κ3) is 4.55. The number of thioether (sulfide) groups is 1. The van der Waals surface area contributed by atoms with E-state index in [-0.39, 0.29) is 23.3 Å². The number of hydrogen-bond donors (Lipinski definition) is 1. The van der Waals surface area contributed by atoms with Crippen molar-refractivity contribution in [3.63, 3.8) is 0 Å². The Balaban J connectivity index is 1.47. The van der Waals surface area contributed by atoms with Crippen LogP contribution in [0.1, 0.15) is 19.8 Å². The highest BCUT2D eigenvalue weighted by Crippen LogP contribution is 2.24. The topological polar surface area (TPSA) is 81.1 Å². The molecule has 1 aliphatic heterocycles. The molecule has 0 radical (unpaired) electrons. The lowest BCUT2D eigenvalue weighted by atomic mass is 10.1. The van der Waals surface area contributed by atoms with Gasteiger partial charge in [0.25, 0.3) is 0 Å². The van der Waals surface area contributed by atoms with E-state index in [1.54, 1.807) is 11.8 Å². The summed E-state index contributed by atoms with van der Waals surface area (Å²) in [6, 6.07) is 8.02. The van der Waals surface area contributed by atoms with Crippen molar-refractivity contribution in [1.29, 1.82) is 0 Å². The molecule has 1 aliphatic rings. The van der Waals surface area contributed by atoms with E-state index in [0.29, 0.717) is 25.1 Å². The van der Waals surface area contributed by atoms with E-state index in [9.17, 15) is 13.2 Å². The Morgan fingerprint density at radius 3 is 2.92 bits per heavy atom. The molecule has 6 nitrogen and oxygen atoms in total. The van der Waals surface area contributed by atoms with Gasteiger partial charge in [0.2, 0.25) is 5.91 Å². The van der Waals surface area contributed by atoms with E-state index in [2.05, 4.69) is 27.9 Å². The molecule has 0 aliphatic carbocycles. The molecule has 25 heavy (non-hydrogen) atoms. The first kappa shape index (κ1) is 18.3. The maximum atomic E-state index is 12.0. The molecule has 0 saturated carbocycles. The zero-order valence-corrected chi connectivity index (χ0v) is 15.9. The minimum atomic E-state index is -2.88. The number of benzene rings is 1. The first-order chi connectivity index (χ1) is 12.0. The summed E-state index contributed by atoms with van der Waals surface area (Å²) in [7, 11) is -2.88. The first-order valence-electron chi connectivity index (χ1n) is 8.53. The van der Waals surface area contributed by atoms with Gasteiger partial charge in [-0.1, -0.05) is 23.9 Å². The second-order valence-electron chi connectivity index (χ2n) is 6.30. The summed E-state index contributed by atoms with van der Waals surface area (Å²) in [6.45, 7) is 3.38. The van der Waals surface area contributed by atoms with Crippen molar-refractivity contribution in [1.82, 2.24) is 14.9 Å². The van der Waals surface area contributed by atoms with Crippen LogP contribution in [0.4, 0.5) is 0 Å². The third-order valence-electron chi connectivity index (χ3n) is 4.41. The number of aromatic nitrogens is 2. The van der Waals surface area contributed by atoms with Crippen LogP contribution < -0.4 is 5.32 Å². The van der Waals surface area contributed by atoms with Crippen molar-refractivity contribution in [2.75, 3.05) is 23.8 Å². The van der Waals surface area contributed by atoms with Crippen molar-refractivity contribution < 1.29 is 13.2 Å². The van der Waals surface area contributed by atoms with E-state index in [0.717, 1.165) is 22.7 Å². The van der Waals surface area contributed by atoms with Crippen LogP contribution in [-0.4, -0.2) is 47.7 Å². The number of imidazole rings is 1. The largest absolute Gasteiger partial charge is 0.356 e. The number of amides is 1. The monoisotopic (exact) mass is 381 g/mol. The molecule has 136 valence electrons. The molecule has 0 spiro atoms. The van der Waals surface area contributed by atoms with E-state index >= 15 is 0 Å². The van der Waals surface area contributed by atoms with Gasteiger partial charge < -0.3 is 9.88 Å². The molecule has 1 fully saturated rings. The lowest BCUT2D eigenvalue weighted by Crippen LogP contribution is -2.30. The Hall–Kier alpha value is -1.54. The summed E-state index contributed by atoms with van der Waals surface area (Å²) in [6.07, 6.45) is 1.05. The quantitative estimate of drug-likeness (QED) is 0.743. The molecule has 1 aromatic carbocycles. The van der Waals surface area contributed by atoms with Gasteiger partial charge in [-0.05, 0) is 31.4 Å². The molecule has 1 saturated heterocycles. The number of nitrogens with one attached hydrogen (secondary N) is 1. The summed E-state index contributed by atoms with van der Waals surface area (Å²) in [5.74, 6) is 1.12. The predicted molar refractivity (Wildman–Crippen MR) is 101 cm³/mol. The predicted octanol–water partition coefficient (Wildman–Crippen LogP) is 2.09. The minimum Gasteiger partial charge on any atom is -0.356 e. The molecule has 0 bridgehead atoms. The van der Waals surface area contributed by atoms with E-state index in [1.807, 2.05) is 18.2 Å². The number of sulfone groups is 1. The van der Waals surface area contributed by atoms with Crippen LogP contribution in [0, 0.1) is 5.92 Å². The zero-order valence-electron chi connectivity index (χ0n) is 14.3. The summed E-state index contributed by atoms with van der Waals surface area (Å²) in [4.78, 5) is 16.6. The lowest BCUT2D eigenvalue weighted by Gasteiger charge is -2.09. The van der Waals surface area contributed by atoms with Crippen molar-refractivity contribution in [3.8, 4) is 0 Å². The van der Waals surface area contributed by atoms with Crippen LogP contribution in [0.5, 0.6) is 0 Å². The Labute approximate surface area is 152 Å². The molecular weight excluding hydrogens is 358 g/mol. The van der Waals surface area contributed by atoms with Crippen LogP contribution in [0.15, 0.2) is 29.4 Å². The van der Waals surface area contributed by atoms with Crippen LogP contribution in [-0.2, 0) is 21.2 Å². The van der Waals surface area contributed by atoms with Gasteiger partial charge in [-0.25, -0.2) is 13.4 Å². The Morgan fingerprint density at radius 1 is 1.40 bits per heavy atom. The molecule has 2 heterocycles. The number of rotatable bonds is 7. The van der Waals surface area contributed by atoms with Gasteiger partial charge in [0, 0.05) is 25.3 Å². The maximum absolute atomic E-state index is 12.0. The SMILES string of the molecule is CCn1c(SCCC(=O)NC[C@@H]2CCS(=O)(=O)C2)nc2ccccc21. The van der Waals surface area contributed by atoms with Crippen LogP contribution in [0.3, 0.4) is 0 Å². The number of nitrogens with zero attached hydrogens (tertiary/aromatic N) is 2. The Kier molecular flexibility index (Phi) is 5.68. The number of carbonyl (C=O) groups excluding carboxylic acids is 1. The fraction of sp³-hybridized carbons (Fsp3) is 0.529. The van der Waals surface area contributed by atoms with Gasteiger partial charge in [-0.15, -0.1) is 0 Å². The molecule has 2 aromatic rings. The molecule has 1 amide bonds. The molecule has 3 rings (SSSR count). The summed E-state index contributed by atoms with van der Waals surface area (Å²) in [5.41, 5.74) is 2.08. The van der Waals surface area contributed by atoms with Crippen molar-refractivity contribution >= 4 is 38.5 Å². The van der Waals surface area contributed by atoms with E-state index in [4.69, 9.17) is 0 Å². The highest BCUT2D eigenvalue weighted by molar-refractivity contribution is 7.99. The molecule has 8 heteroatoms. The summed E-state index contributed by atoms with van der Waals surface area (Å²) < 4.78 is 25.0. The van der Waals surface area contributed by atoms with Gasteiger partial charge >= 0.3 is 0 Å². The highest BCUT2D eigenvalue weighted by Gasteiger charge is 2.27. The molecule has 0 unspecified atom stereocenters. The Morgan fingerprint density at radius 2 is 2.20 bits per heavy atom. The van der Waals surface area contributed by atoms with Gasteiger partial charge in [-0.3, -0.25) is 4.79 Å². The van der Waals surface area contributed by atoms with Crippen molar-refractivity contribution in [2.24, 2.45) is 5.92 Å². The number of fused-ring (bicyclic) bond motifs is 1. The summed E-state index contributed by atoms with van der Waals surface area (Å²) >= 11 is 1.58. The van der Waals surface area contributed by atoms with E-state index < -0.39 is 9.84 Å². The van der Waals surface area contributed by atoms with Crippen molar-refractivity contribution in [3.05, 3.63) is 24.3 Å². The average molecular weight is 382 g/mol. The van der Waals surface area contributed by atoms with Crippen LogP contribution in [0.2, 0.25) is 0 Å². The number of hydrogen-bond acceptors (Lipinski definition) is 5. The first-order valence-corrected chi connectivity index (χ1v) is 11.3. The van der Waals surface area contributed by atoms with Gasteiger partial charge in [0.1, 0.15) is 0 Å². The second kappa shape index (κ2) is 7.78. The van der Waals surface area contributed by atoms with Crippen LogP contribution >= 0.6 is 11.8 Å². The zero-order chi connectivity index (χ0) is 17.9.